The average Bonchev–Trinajstić information content (AvgIpc) is 2.70. The lowest BCUT2D eigenvalue weighted by Gasteiger charge is -2.01. The molecule has 1 amide bonds. The number of nitrogens with zero attached hydrogens (tertiary/aromatic N) is 1. The highest BCUT2D eigenvalue weighted by molar-refractivity contribution is 7.08. The number of halogens is 1. The van der Waals surface area contributed by atoms with E-state index >= 15 is 0 Å². The number of nitrogens with one attached hydrogen (secondary N) is 1. The Balaban J connectivity index is 2.15. The van der Waals surface area contributed by atoms with Crippen LogP contribution in [0.1, 0.15) is 10.5 Å². The Hall–Kier alpha value is -1.39. The van der Waals surface area contributed by atoms with Gasteiger partial charge in [0.1, 0.15) is 5.69 Å². The van der Waals surface area contributed by atoms with E-state index in [-0.39, 0.29) is 5.91 Å². The highest BCUT2D eigenvalue weighted by Gasteiger charge is 2.07. The van der Waals surface area contributed by atoms with E-state index in [2.05, 4.69) is 10.3 Å². The number of rotatable bonds is 2. The number of amides is 1. The van der Waals surface area contributed by atoms with Crippen molar-refractivity contribution in [3.05, 3.63) is 45.9 Å². The number of hydrogen-bond acceptors (Lipinski definition) is 3. The van der Waals surface area contributed by atoms with Crippen LogP contribution >= 0.6 is 22.9 Å². The molecule has 2 rings (SSSR count). The lowest BCUT2D eigenvalue weighted by atomic mass is 10.3. The van der Waals surface area contributed by atoms with Crippen LogP contribution in [0.15, 0.2) is 35.2 Å². The van der Waals surface area contributed by atoms with Crippen LogP contribution in [-0.4, -0.2) is 10.9 Å². The molecule has 5 heteroatoms. The summed E-state index contributed by atoms with van der Waals surface area (Å²) in [7, 11) is 0. The summed E-state index contributed by atoms with van der Waals surface area (Å²) in [5, 5.41) is 6.96. The van der Waals surface area contributed by atoms with Crippen LogP contribution in [0.4, 0.5) is 5.69 Å². The van der Waals surface area contributed by atoms with Crippen molar-refractivity contribution in [3.63, 3.8) is 0 Å². The SMILES string of the molecule is O=C(Nc1ccsc1)c1cc(Cl)ccn1. The minimum Gasteiger partial charge on any atom is -0.320 e. The van der Waals surface area contributed by atoms with Crippen molar-refractivity contribution in [2.24, 2.45) is 0 Å². The van der Waals surface area contributed by atoms with Gasteiger partial charge in [0.2, 0.25) is 0 Å². The summed E-state index contributed by atoms with van der Waals surface area (Å²) in [6, 6.07) is 4.99. The van der Waals surface area contributed by atoms with Gasteiger partial charge < -0.3 is 5.32 Å². The first-order chi connectivity index (χ1) is 7.25. The van der Waals surface area contributed by atoms with Crippen molar-refractivity contribution in [3.8, 4) is 0 Å². The van der Waals surface area contributed by atoms with Crippen molar-refractivity contribution in [1.29, 1.82) is 0 Å². The number of carbonyl (C=O) groups is 1. The van der Waals surface area contributed by atoms with Gasteiger partial charge in [0.25, 0.3) is 5.91 Å². The quantitative estimate of drug-likeness (QED) is 0.874. The molecule has 2 aromatic rings. The minimum absolute atomic E-state index is 0.254. The second-order valence-corrected chi connectivity index (χ2v) is 4.04. The number of anilines is 1. The molecule has 0 aliphatic heterocycles. The maximum atomic E-state index is 11.6. The zero-order valence-electron chi connectivity index (χ0n) is 7.61. The van der Waals surface area contributed by atoms with E-state index in [0.29, 0.717) is 10.7 Å². The van der Waals surface area contributed by atoms with Crippen LogP contribution < -0.4 is 5.32 Å². The molecule has 0 fully saturated rings. The van der Waals surface area contributed by atoms with E-state index in [1.54, 1.807) is 6.07 Å². The average molecular weight is 239 g/mol. The van der Waals surface area contributed by atoms with Crippen LogP contribution in [0.5, 0.6) is 0 Å². The molecule has 0 bridgehead atoms. The molecule has 76 valence electrons. The Kier molecular flexibility index (Phi) is 2.99. The third-order valence-corrected chi connectivity index (χ3v) is 2.65. The highest BCUT2D eigenvalue weighted by Crippen LogP contribution is 2.14. The predicted molar refractivity (Wildman–Crippen MR) is 61.5 cm³/mol. The normalized spacial score (nSPS) is 9.93. The standard InChI is InChI=1S/C10H7ClN2OS/c11-7-1-3-12-9(5-7)10(14)13-8-2-4-15-6-8/h1-6H,(H,13,14). The van der Waals surface area contributed by atoms with E-state index in [0.717, 1.165) is 5.69 Å². The zero-order valence-corrected chi connectivity index (χ0v) is 9.18. The van der Waals surface area contributed by atoms with Crippen LogP contribution in [-0.2, 0) is 0 Å². The molecule has 15 heavy (non-hydrogen) atoms. The molecule has 1 N–H and O–H groups in total. The Bertz CT molecular complexity index is 470. The fourth-order valence-electron chi connectivity index (χ4n) is 1.06. The van der Waals surface area contributed by atoms with Crippen molar-refractivity contribution in [2.75, 3.05) is 5.32 Å². The Morgan fingerprint density at radius 1 is 1.47 bits per heavy atom. The van der Waals surface area contributed by atoms with Crippen molar-refractivity contribution in [1.82, 2.24) is 4.98 Å². The van der Waals surface area contributed by atoms with Gasteiger partial charge in [0.05, 0.1) is 5.69 Å². The van der Waals surface area contributed by atoms with Crippen LogP contribution in [0, 0.1) is 0 Å². The molecule has 0 unspecified atom stereocenters. The minimum atomic E-state index is -0.254. The summed E-state index contributed by atoms with van der Waals surface area (Å²) in [6.45, 7) is 0. The summed E-state index contributed by atoms with van der Waals surface area (Å²) in [4.78, 5) is 15.6. The lowest BCUT2D eigenvalue weighted by molar-refractivity contribution is 0.102. The fraction of sp³-hybridized carbons (Fsp3) is 0. The molecular formula is C10H7ClN2OS. The zero-order chi connectivity index (χ0) is 10.7. The Morgan fingerprint density at radius 2 is 2.33 bits per heavy atom. The highest BCUT2D eigenvalue weighted by atomic mass is 35.5. The fourth-order valence-corrected chi connectivity index (χ4v) is 1.81. The van der Waals surface area contributed by atoms with Gasteiger partial charge in [-0.15, -0.1) is 0 Å². The first-order valence-electron chi connectivity index (χ1n) is 4.21. The van der Waals surface area contributed by atoms with Gasteiger partial charge in [-0.3, -0.25) is 9.78 Å². The molecule has 0 saturated heterocycles. The van der Waals surface area contributed by atoms with E-state index in [1.807, 2.05) is 16.8 Å². The van der Waals surface area contributed by atoms with Gasteiger partial charge >= 0.3 is 0 Å². The lowest BCUT2D eigenvalue weighted by Crippen LogP contribution is -2.12. The summed E-state index contributed by atoms with van der Waals surface area (Å²) < 4.78 is 0. The third kappa shape index (κ3) is 2.55. The molecule has 0 saturated carbocycles. The number of aromatic nitrogens is 1. The smallest absolute Gasteiger partial charge is 0.274 e. The topological polar surface area (TPSA) is 42.0 Å². The van der Waals surface area contributed by atoms with Crippen LogP contribution in [0.25, 0.3) is 0 Å². The molecule has 3 nitrogen and oxygen atoms in total. The molecule has 2 aromatic heterocycles. The van der Waals surface area contributed by atoms with Gasteiger partial charge in [-0.1, -0.05) is 11.6 Å². The van der Waals surface area contributed by atoms with Crippen LogP contribution in [0.2, 0.25) is 5.02 Å². The maximum Gasteiger partial charge on any atom is 0.274 e. The van der Waals surface area contributed by atoms with Gasteiger partial charge in [-0.25, -0.2) is 0 Å². The van der Waals surface area contributed by atoms with Crippen molar-refractivity contribution in [2.45, 2.75) is 0 Å². The van der Waals surface area contributed by atoms with Crippen LogP contribution in [0.3, 0.4) is 0 Å². The molecule has 0 aromatic carbocycles. The second-order valence-electron chi connectivity index (χ2n) is 2.83. The molecule has 2 heterocycles. The van der Waals surface area contributed by atoms with E-state index in [4.69, 9.17) is 11.6 Å². The summed E-state index contributed by atoms with van der Waals surface area (Å²) in [5.41, 5.74) is 1.08. The monoisotopic (exact) mass is 238 g/mol. The largest absolute Gasteiger partial charge is 0.320 e. The van der Waals surface area contributed by atoms with E-state index in [1.165, 1.54) is 23.6 Å². The summed E-state index contributed by atoms with van der Waals surface area (Å²) >= 11 is 7.27. The Morgan fingerprint density at radius 3 is 3.00 bits per heavy atom. The molecule has 0 radical (unpaired) electrons. The number of carbonyl (C=O) groups excluding carboxylic acids is 1. The molecule has 0 aliphatic rings. The van der Waals surface area contributed by atoms with Gasteiger partial charge in [-0.05, 0) is 23.6 Å². The van der Waals surface area contributed by atoms with Crippen molar-refractivity contribution < 1.29 is 4.79 Å². The van der Waals surface area contributed by atoms with Crippen molar-refractivity contribution >= 4 is 34.5 Å². The third-order valence-electron chi connectivity index (χ3n) is 1.73. The number of pyridine rings is 1. The van der Waals surface area contributed by atoms with Gasteiger partial charge in [0, 0.05) is 16.6 Å². The first kappa shape index (κ1) is 10.1. The number of thiophene rings is 1. The predicted octanol–water partition coefficient (Wildman–Crippen LogP) is 3.05. The Labute approximate surface area is 95.7 Å². The molecule has 0 aliphatic carbocycles. The second kappa shape index (κ2) is 4.42. The van der Waals surface area contributed by atoms with E-state index in [9.17, 15) is 4.79 Å². The maximum absolute atomic E-state index is 11.6. The molecular weight excluding hydrogens is 232 g/mol. The number of hydrogen-bond donors (Lipinski definition) is 1. The van der Waals surface area contributed by atoms with E-state index < -0.39 is 0 Å². The molecule has 0 atom stereocenters. The van der Waals surface area contributed by atoms with Gasteiger partial charge in [0.15, 0.2) is 0 Å². The van der Waals surface area contributed by atoms with Gasteiger partial charge in [-0.2, -0.15) is 11.3 Å². The molecule has 0 spiro atoms. The summed E-state index contributed by atoms with van der Waals surface area (Å²) in [5.74, 6) is -0.254. The first-order valence-corrected chi connectivity index (χ1v) is 5.53. The summed E-state index contributed by atoms with van der Waals surface area (Å²) in [6.07, 6.45) is 1.50.